The van der Waals surface area contributed by atoms with E-state index in [1.165, 1.54) is 13.8 Å². The molecule has 0 spiro atoms. The molecule has 0 amide bonds. The highest BCUT2D eigenvalue weighted by atomic mass is 16.8. The van der Waals surface area contributed by atoms with Crippen LogP contribution in [-0.2, 0) is 4.79 Å². The monoisotopic (exact) mass is 221 g/mol. The number of rotatable bonds is 4. The quantitative estimate of drug-likeness (QED) is 0.366. The van der Waals surface area contributed by atoms with Crippen LogP contribution in [0.1, 0.15) is 31.7 Å². The second-order valence-corrected chi connectivity index (χ2v) is 3.79. The molecule has 0 bridgehead atoms. The lowest BCUT2D eigenvalue weighted by Gasteiger charge is -2.11. The molecule has 0 aliphatic heterocycles. The van der Waals surface area contributed by atoms with E-state index < -0.39 is 0 Å². The van der Waals surface area contributed by atoms with Crippen LogP contribution >= 0.6 is 0 Å². The SMILES string of the molecule is CC(=O)C(C/C(C)=[N+](/[O-])O)c1ccccc1. The van der Waals surface area contributed by atoms with Gasteiger partial charge in [0.1, 0.15) is 5.78 Å². The fraction of sp³-hybridized carbons (Fsp3) is 0.333. The highest BCUT2D eigenvalue weighted by molar-refractivity contribution is 5.89. The van der Waals surface area contributed by atoms with Gasteiger partial charge >= 0.3 is 0 Å². The summed E-state index contributed by atoms with van der Waals surface area (Å²) in [5.74, 6) is -0.391. The van der Waals surface area contributed by atoms with Crippen molar-refractivity contribution < 1.29 is 14.9 Å². The standard InChI is InChI=1S/C12H15NO3/c1-9(13(15)16)8-12(10(2)14)11-6-4-3-5-7-11/h3-7,12H,8H2,1-2H3,(H,15,16). The summed E-state index contributed by atoms with van der Waals surface area (Å²) in [5, 5.41) is 19.4. The van der Waals surface area contributed by atoms with Gasteiger partial charge in [-0.3, -0.25) is 10.0 Å². The average molecular weight is 221 g/mol. The summed E-state index contributed by atoms with van der Waals surface area (Å²) in [4.78, 5) is 11.3. The van der Waals surface area contributed by atoms with Gasteiger partial charge in [-0.05, 0) is 12.5 Å². The Bertz CT molecular complexity index is 394. The van der Waals surface area contributed by atoms with E-state index in [1.807, 2.05) is 30.3 Å². The Morgan fingerprint density at radius 3 is 2.38 bits per heavy atom. The summed E-state index contributed by atoms with van der Waals surface area (Å²) < 4.78 is 0. The molecule has 0 saturated heterocycles. The number of carbonyl (C=O) groups excluding carboxylic acids is 1. The van der Waals surface area contributed by atoms with Gasteiger partial charge in [0.15, 0.2) is 0 Å². The second-order valence-electron chi connectivity index (χ2n) is 3.79. The van der Waals surface area contributed by atoms with Gasteiger partial charge in [-0.25, -0.2) is 0 Å². The summed E-state index contributed by atoms with van der Waals surface area (Å²) in [6.07, 6.45) is 0.235. The molecule has 86 valence electrons. The Morgan fingerprint density at radius 1 is 1.38 bits per heavy atom. The Kier molecular flexibility index (Phi) is 4.05. The molecule has 4 heteroatoms. The summed E-state index contributed by atoms with van der Waals surface area (Å²) in [5.41, 5.74) is 1.08. The van der Waals surface area contributed by atoms with Crippen molar-refractivity contribution in [3.05, 3.63) is 41.1 Å². The van der Waals surface area contributed by atoms with Crippen LogP contribution in [-0.4, -0.2) is 21.6 Å². The lowest BCUT2D eigenvalue weighted by atomic mass is 9.90. The molecular weight excluding hydrogens is 206 g/mol. The third-order valence-corrected chi connectivity index (χ3v) is 2.52. The molecule has 1 N–H and O–H groups in total. The topological polar surface area (TPSA) is 63.4 Å². The van der Waals surface area contributed by atoms with Crippen molar-refractivity contribution >= 4 is 11.5 Å². The molecule has 1 aromatic rings. The Hall–Kier alpha value is -1.84. The molecule has 1 unspecified atom stereocenters. The van der Waals surface area contributed by atoms with Crippen LogP contribution in [0.5, 0.6) is 0 Å². The Morgan fingerprint density at radius 2 is 1.94 bits per heavy atom. The minimum atomic E-state index is -0.371. The first kappa shape index (κ1) is 12.2. The predicted octanol–water partition coefficient (Wildman–Crippen LogP) is 2.11. The summed E-state index contributed by atoms with van der Waals surface area (Å²) in [6, 6.07) is 9.23. The van der Waals surface area contributed by atoms with Crippen LogP contribution in [0, 0.1) is 5.21 Å². The van der Waals surface area contributed by atoms with Crippen molar-refractivity contribution in [1.82, 2.24) is 0 Å². The van der Waals surface area contributed by atoms with Gasteiger partial charge < -0.3 is 5.21 Å². The molecule has 4 nitrogen and oxygen atoms in total. The Balaban J connectivity index is 2.94. The number of Topliss-reactive ketones (excluding diaryl/α,β-unsaturated/α-hetero) is 1. The first-order chi connectivity index (χ1) is 7.52. The lowest BCUT2D eigenvalue weighted by molar-refractivity contribution is -0.727. The number of nitrogens with zero attached hydrogens (tertiary/aromatic N) is 1. The maximum atomic E-state index is 11.5. The Labute approximate surface area is 94.4 Å². The minimum Gasteiger partial charge on any atom is -0.418 e. The van der Waals surface area contributed by atoms with Crippen molar-refractivity contribution in [2.45, 2.75) is 26.2 Å². The second kappa shape index (κ2) is 5.30. The predicted molar refractivity (Wildman–Crippen MR) is 60.6 cm³/mol. The van der Waals surface area contributed by atoms with Crippen LogP contribution < -0.4 is 0 Å². The zero-order chi connectivity index (χ0) is 12.1. The van der Waals surface area contributed by atoms with E-state index in [-0.39, 0.29) is 28.7 Å². The van der Waals surface area contributed by atoms with E-state index in [2.05, 4.69) is 0 Å². The van der Waals surface area contributed by atoms with Gasteiger partial charge in [0, 0.05) is 18.2 Å². The zero-order valence-corrected chi connectivity index (χ0v) is 9.38. The molecule has 0 radical (unpaired) electrons. The molecule has 0 aliphatic rings. The van der Waals surface area contributed by atoms with Gasteiger partial charge in [-0.1, -0.05) is 30.3 Å². The van der Waals surface area contributed by atoms with Crippen molar-refractivity contribution in [3.8, 4) is 0 Å². The molecule has 1 atom stereocenters. The van der Waals surface area contributed by atoms with E-state index >= 15 is 0 Å². The van der Waals surface area contributed by atoms with Crippen LogP contribution in [0.4, 0.5) is 0 Å². The number of benzene rings is 1. The van der Waals surface area contributed by atoms with Crippen LogP contribution in [0.25, 0.3) is 0 Å². The van der Waals surface area contributed by atoms with E-state index in [0.29, 0.717) is 0 Å². The largest absolute Gasteiger partial charge is 0.418 e. The molecule has 16 heavy (non-hydrogen) atoms. The lowest BCUT2D eigenvalue weighted by Crippen LogP contribution is -2.17. The zero-order valence-electron chi connectivity index (χ0n) is 9.38. The van der Waals surface area contributed by atoms with E-state index in [0.717, 1.165) is 5.56 Å². The van der Waals surface area contributed by atoms with Crippen molar-refractivity contribution in [2.75, 3.05) is 0 Å². The summed E-state index contributed by atoms with van der Waals surface area (Å²) in [6.45, 7) is 2.99. The number of ketones is 1. The van der Waals surface area contributed by atoms with Gasteiger partial charge in [-0.2, -0.15) is 0 Å². The first-order valence-electron chi connectivity index (χ1n) is 5.06. The number of hydrogen-bond donors (Lipinski definition) is 1. The van der Waals surface area contributed by atoms with E-state index in [9.17, 15) is 10.0 Å². The van der Waals surface area contributed by atoms with E-state index in [4.69, 9.17) is 5.21 Å². The molecule has 0 heterocycles. The number of hydrogen-bond acceptors (Lipinski definition) is 3. The van der Waals surface area contributed by atoms with Gasteiger partial charge in [0.05, 0.1) is 5.92 Å². The van der Waals surface area contributed by atoms with Crippen molar-refractivity contribution in [2.24, 2.45) is 0 Å². The highest BCUT2D eigenvalue weighted by Gasteiger charge is 2.21. The minimum absolute atomic E-state index is 0.0209. The van der Waals surface area contributed by atoms with Crippen molar-refractivity contribution in [3.63, 3.8) is 0 Å². The van der Waals surface area contributed by atoms with Crippen LogP contribution in [0.3, 0.4) is 0 Å². The molecule has 0 fully saturated rings. The van der Waals surface area contributed by atoms with Crippen molar-refractivity contribution in [1.29, 1.82) is 0 Å². The third-order valence-electron chi connectivity index (χ3n) is 2.52. The van der Waals surface area contributed by atoms with E-state index in [1.54, 1.807) is 0 Å². The fourth-order valence-corrected chi connectivity index (χ4v) is 1.56. The molecular formula is C12H15NO3. The van der Waals surface area contributed by atoms with Gasteiger partial charge in [-0.15, -0.1) is 0 Å². The van der Waals surface area contributed by atoms with Crippen LogP contribution in [0.2, 0.25) is 0 Å². The maximum Gasteiger partial charge on any atom is 0.219 e. The van der Waals surface area contributed by atoms with Gasteiger partial charge in [0.25, 0.3) is 0 Å². The maximum absolute atomic E-state index is 11.5. The number of carbonyl (C=O) groups is 1. The third kappa shape index (κ3) is 3.08. The normalized spacial score (nSPS) is 14.1. The summed E-state index contributed by atoms with van der Waals surface area (Å²) in [7, 11) is 0. The highest BCUT2D eigenvalue weighted by Crippen LogP contribution is 2.20. The fourth-order valence-electron chi connectivity index (χ4n) is 1.56. The smallest absolute Gasteiger partial charge is 0.219 e. The molecule has 0 aromatic heterocycles. The first-order valence-corrected chi connectivity index (χ1v) is 5.06. The molecule has 1 rings (SSSR count). The molecule has 1 aromatic carbocycles. The molecule has 0 aliphatic carbocycles. The van der Waals surface area contributed by atoms with Gasteiger partial charge in [0.2, 0.25) is 5.71 Å². The summed E-state index contributed by atoms with van der Waals surface area (Å²) >= 11 is 0. The average Bonchev–Trinajstić information content (AvgIpc) is 2.26. The van der Waals surface area contributed by atoms with Crippen LogP contribution in [0.15, 0.2) is 30.3 Å². The molecule has 0 saturated carbocycles.